The lowest BCUT2D eigenvalue weighted by atomic mass is 9.85. The van der Waals surface area contributed by atoms with Crippen molar-refractivity contribution in [2.24, 2.45) is 23.2 Å². The van der Waals surface area contributed by atoms with E-state index in [2.05, 4.69) is 25.8 Å². The molecule has 0 radical (unpaired) electrons. The maximum atomic E-state index is 12.3. The molecule has 16 heavy (non-hydrogen) atoms. The van der Waals surface area contributed by atoms with E-state index >= 15 is 0 Å². The fourth-order valence-electron chi connectivity index (χ4n) is 3.90. The molecule has 1 unspecified atom stereocenters. The second kappa shape index (κ2) is 3.83. The predicted octanol–water partition coefficient (Wildman–Crippen LogP) is 2.58. The van der Waals surface area contributed by atoms with Gasteiger partial charge >= 0.3 is 0 Å². The summed E-state index contributed by atoms with van der Waals surface area (Å²) in [6.45, 7) is 9.88. The largest absolute Gasteiger partial charge is 0.298 e. The van der Waals surface area contributed by atoms with Crippen LogP contribution in [0.15, 0.2) is 0 Å². The molecule has 1 saturated heterocycles. The summed E-state index contributed by atoms with van der Waals surface area (Å²) in [5.41, 5.74) is 0.450. The van der Waals surface area contributed by atoms with E-state index in [4.69, 9.17) is 0 Å². The number of nitrogens with zero attached hydrogens (tertiary/aromatic N) is 1. The zero-order chi connectivity index (χ0) is 12.1. The Kier molecular flexibility index (Phi) is 2.90. The van der Waals surface area contributed by atoms with Gasteiger partial charge in [0.05, 0.1) is 6.04 Å². The first-order chi connectivity index (χ1) is 7.32. The molecule has 1 aliphatic heterocycles. The Morgan fingerprint density at radius 2 is 1.94 bits per heavy atom. The average Bonchev–Trinajstić information content (AvgIpc) is 2.54. The van der Waals surface area contributed by atoms with E-state index in [9.17, 15) is 4.79 Å². The van der Waals surface area contributed by atoms with Crippen LogP contribution >= 0.6 is 0 Å². The molecule has 1 saturated carbocycles. The normalized spacial score (nSPS) is 38.0. The summed E-state index contributed by atoms with van der Waals surface area (Å²) in [6, 6.07) is 0.201. The molecule has 92 valence electrons. The van der Waals surface area contributed by atoms with Gasteiger partial charge in [0, 0.05) is 12.5 Å². The van der Waals surface area contributed by atoms with E-state index < -0.39 is 0 Å². The number of rotatable bonds is 2. The van der Waals surface area contributed by atoms with Crippen molar-refractivity contribution in [3.8, 4) is 0 Å². The molecule has 0 amide bonds. The van der Waals surface area contributed by atoms with Crippen LogP contribution in [0.2, 0.25) is 0 Å². The molecule has 0 spiro atoms. The molecule has 2 nitrogen and oxygen atoms in total. The molecule has 0 aromatic heterocycles. The van der Waals surface area contributed by atoms with Gasteiger partial charge in [-0.3, -0.25) is 9.69 Å². The van der Waals surface area contributed by atoms with Gasteiger partial charge in [-0.15, -0.1) is 0 Å². The number of likely N-dealkylation sites (tertiary alicyclic amines) is 1. The number of Topliss-reactive ketones (excluding diaryl/α,β-unsaturated/α-hetero) is 1. The molecule has 0 aromatic carbocycles. The molecule has 0 aromatic rings. The minimum Gasteiger partial charge on any atom is -0.298 e. The number of carbonyl (C=O) groups is 1. The van der Waals surface area contributed by atoms with E-state index in [0.29, 0.717) is 17.1 Å². The van der Waals surface area contributed by atoms with Crippen molar-refractivity contribution in [2.45, 2.75) is 46.6 Å². The molecule has 2 fully saturated rings. The first-order valence-corrected chi connectivity index (χ1v) is 6.56. The summed E-state index contributed by atoms with van der Waals surface area (Å²) in [5.74, 6) is 2.00. The molecule has 2 heteroatoms. The molecule has 0 N–H and O–H groups in total. The smallest absolute Gasteiger partial charge is 0.152 e. The van der Waals surface area contributed by atoms with E-state index in [0.717, 1.165) is 12.5 Å². The molecule has 2 aliphatic rings. The highest BCUT2D eigenvalue weighted by molar-refractivity contribution is 5.86. The van der Waals surface area contributed by atoms with Crippen LogP contribution in [-0.2, 0) is 4.79 Å². The summed E-state index contributed by atoms with van der Waals surface area (Å²) in [4.78, 5) is 14.6. The SMILES string of the molecule is CC(C)C(=O)C1[C@H]2CC(C)(C)C[C@H]2CN1C. The van der Waals surface area contributed by atoms with E-state index in [1.165, 1.54) is 12.8 Å². The molecule has 1 aliphatic carbocycles. The van der Waals surface area contributed by atoms with Gasteiger partial charge in [-0.25, -0.2) is 0 Å². The first kappa shape index (κ1) is 12.1. The van der Waals surface area contributed by atoms with E-state index in [-0.39, 0.29) is 12.0 Å². The molecule has 2 rings (SSSR count). The Morgan fingerprint density at radius 3 is 2.50 bits per heavy atom. The van der Waals surface area contributed by atoms with Gasteiger partial charge in [-0.2, -0.15) is 0 Å². The van der Waals surface area contributed by atoms with Crippen LogP contribution in [0.25, 0.3) is 0 Å². The molecule has 0 bridgehead atoms. The van der Waals surface area contributed by atoms with Crippen LogP contribution < -0.4 is 0 Å². The van der Waals surface area contributed by atoms with Crippen molar-refractivity contribution >= 4 is 5.78 Å². The van der Waals surface area contributed by atoms with Crippen molar-refractivity contribution in [2.75, 3.05) is 13.6 Å². The fraction of sp³-hybridized carbons (Fsp3) is 0.929. The van der Waals surface area contributed by atoms with Gasteiger partial charge in [-0.1, -0.05) is 27.7 Å². The van der Waals surface area contributed by atoms with Crippen molar-refractivity contribution in [1.82, 2.24) is 4.90 Å². The third kappa shape index (κ3) is 1.92. The minimum atomic E-state index is 0.176. The van der Waals surface area contributed by atoms with Crippen molar-refractivity contribution in [1.29, 1.82) is 0 Å². The van der Waals surface area contributed by atoms with E-state index in [1.807, 2.05) is 13.8 Å². The highest BCUT2D eigenvalue weighted by atomic mass is 16.1. The monoisotopic (exact) mass is 223 g/mol. The van der Waals surface area contributed by atoms with Crippen LogP contribution in [0.1, 0.15) is 40.5 Å². The van der Waals surface area contributed by atoms with Crippen molar-refractivity contribution in [3.05, 3.63) is 0 Å². The quantitative estimate of drug-likeness (QED) is 0.717. The maximum absolute atomic E-state index is 12.3. The Morgan fingerprint density at radius 1 is 1.31 bits per heavy atom. The maximum Gasteiger partial charge on any atom is 0.152 e. The fourth-order valence-corrected chi connectivity index (χ4v) is 3.90. The number of hydrogen-bond donors (Lipinski definition) is 0. The summed E-state index contributed by atoms with van der Waals surface area (Å²) < 4.78 is 0. The standard InChI is InChI=1S/C14H25NO/c1-9(2)13(16)12-11-7-14(3,4)6-10(11)8-15(12)5/h9-12H,6-8H2,1-5H3/t10-,11-,12?/m0/s1. The minimum absolute atomic E-state index is 0.176. The summed E-state index contributed by atoms with van der Waals surface area (Å²) in [5, 5.41) is 0. The first-order valence-electron chi connectivity index (χ1n) is 6.56. The third-order valence-electron chi connectivity index (χ3n) is 4.47. The molecular formula is C14H25NO. The number of fused-ring (bicyclic) bond motifs is 1. The van der Waals surface area contributed by atoms with Gasteiger partial charge in [0.2, 0.25) is 0 Å². The molecule has 1 heterocycles. The van der Waals surface area contributed by atoms with Gasteiger partial charge < -0.3 is 0 Å². The Hall–Kier alpha value is -0.370. The lowest BCUT2D eigenvalue weighted by molar-refractivity contribution is -0.127. The van der Waals surface area contributed by atoms with E-state index in [1.54, 1.807) is 0 Å². The molecule has 3 atom stereocenters. The Balaban J connectivity index is 2.17. The van der Waals surface area contributed by atoms with Crippen LogP contribution in [0, 0.1) is 23.2 Å². The van der Waals surface area contributed by atoms with Crippen LogP contribution in [0.4, 0.5) is 0 Å². The summed E-state index contributed by atoms with van der Waals surface area (Å²) in [6.07, 6.45) is 2.52. The van der Waals surface area contributed by atoms with Gasteiger partial charge in [0.15, 0.2) is 5.78 Å². The number of likely N-dealkylation sites (N-methyl/N-ethyl adjacent to an activating group) is 1. The highest BCUT2D eigenvalue weighted by Crippen LogP contribution is 2.51. The highest BCUT2D eigenvalue weighted by Gasteiger charge is 2.51. The Labute approximate surface area is 99.4 Å². The van der Waals surface area contributed by atoms with Crippen LogP contribution in [0.3, 0.4) is 0 Å². The molecular weight excluding hydrogens is 198 g/mol. The van der Waals surface area contributed by atoms with Crippen LogP contribution in [0.5, 0.6) is 0 Å². The van der Waals surface area contributed by atoms with Gasteiger partial charge in [-0.05, 0) is 37.1 Å². The lowest BCUT2D eigenvalue weighted by Crippen LogP contribution is -2.40. The number of hydrogen-bond acceptors (Lipinski definition) is 2. The second-order valence-electron chi connectivity index (χ2n) is 6.94. The van der Waals surface area contributed by atoms with Gasteiger partial charge in [0.25, 0.3) is 0 Å². The summed E-state index contributed by atoms with van der Waals surface area (Å²) in [7, 11) is 2.12. The van der Waals surface area contributed by atoms with Crippen LogP contribution in [-0.4, -0.2) is 30.3 Å². The van der Waals surface area contributed by atoms with Crippen molar-refractivity contribution in [3.63, 3.8) is 0 Å². The zero-order valence-corrected chi connectivity index (χ0v) is 11.3. The lowest BCUT2D eigenvalue weighted by Gasteiger charge is -2.27. The number of carbonyl (C=O) groups excluding carboxylic acids is 1. The third-order valence-corrected chi connectivity index (χ3v) is 4.47. The second-order valence-corrected chi connectivity index (χ2v) is 6.94. The average molecular weight is 223 g/mol. The van der Waals surface area contributed by atoms with Crippen molar-refractivity contribution < 1.29 is 4.79 Å². The summed E-state index contributed by atoms with van der Waals surface area (Å²) >= 11 is 0. The zero-order valence-electron chi connectivity index (χ0n) is 11.3. The predicted molar refractivity (Wildman–Crippen MR) is 66.3 cm³/mol. The topological polar surface area (TPSA) is 20.3 Å². The number of ketones is 1. The van der Waals surface area contributed by atoms with Gasteiger partial charge in [0.1, 0.15) is 0 Å². The Bertz CT molecular complexity index is 295.